The number of anilines is 2. The van der Waals surface area contributed by atoms with E-state index in [-0.39, 0.29) is 30.0 Å². The van der Waals surface area contributed by atoms with E-state index in [1.807, 2.05) is 4.90 Å². The topological polar surface area (TPSA) is 61.4 Å². The van der Waals surface area contributed by atoms with Crippen LogP contribution in [-0.4, -0.2) is 30.9 Å². The van der Waals surface area contributed by atoms with Gasteiger partial charge in [-0.1, -0.05) is 12.8 Å². The molecule has 0 spiro atoms. The molecule has 0 radical (unpaired) electrons. The van der Waals surface area contributed by atoms with Crippen LogP contribution < -0.4 is 15.5 Å². The van der Waals surface area contributed by atoms with E-state index in [0.717, 1.165) is 70.2 Å². The fraction of sp³-hybridized carbons (Fsp3) is 0.636. The number of nitrogens with one attached hydrogen (secondary N) is 2. The molecular weight excluding hydrogens is 395 g/mol. The van der Waals surface area contributed by atoms with Gasteiger partial charge in [0.25, 0.3) is 0 Å². The predicted molar refractivity (Wildman–Crippen MR) is 110 cm³/mol. The molecule has 1 aromatic rings. The molecule has 2 N–H and O–H groups in total. The van der Waals surface area contributed by atoms with Crippen molar-refractivity contribution in [1.29, 1.82) is 0 Å². The molecule has 1 heterocycles. The minimum Gasteiger partial charge on any atom is -0.370 e. The highest BCUT2D eigenvalue weighted by Gasteiger charge is 2.32. The number of alkyl halides is 3. The first-order valence-electron chi connectivity index (χ1n) is 10.8. The van der Waals surface area contributed by atoms with Crippen LogP contribution in [0.15, 0.2) is 18.2 Å². The van der Waals surface area contributed by atoms with Gasteiger partial charge in [-0.3, -0.25) is 9.59 Å². The summed E-state index contributed by atoms with van der Waals surface area (Å²) in [4.78, 5) is 26.8. The van der Waals surface area contributed by atoms with E-state index < -0.39 is 17.6 Å². The molecule has 2 amide bonds. The molecule has 0 bridgehead atoms. The number of benzene rings is 1. The zero-order valence-electron chi connectivity index (χ0n) is 17.4. The van der Waals surface area contributed by atoms with E-state index in [1.54, 1.807) is 6.92 Å². The zero-order valence-corrected chi connectivity index (χ0v) is 17.4. The van der Waals surface area contributed by atoms with Crippen LogP contribution >= 0.6 is 0 Å². The number of piperidine rings is 1. The van der Waals surface area contributed by atoms with Crippen LogP contribution in [-0.2, 0) is 15.8 Å². The van der Waals surface area contributed by atoms with Gasteiger partial charge in [0.15, 0.2) is 0 Å². The van der Waals surface area contributed by atoms with Crippen molar-refractivity contribution in [2.24, 2.45) is 5.92 Å². The molecule has 1 unspecified atom stereocenters. The SMILES string of the molecule is CC(CC(=O)Nc1cc(C(F)(F)F)ccc1N1CCCCC1)NC(=O)C1CCCC1. The number of rotatable bonds is 6. The van der Waals surface area contributed by atoms with Gasteiger partial charge in [-0.15, -0.1) is 0 Å². The molecule has 1 aliphatic heterocycles. The smallest absolute Gasteiger partial charge is 0.370 e. The van der Waals surface area contributed by atoms with Crippen LogP contribution in [0.5, 0.6) is 0 Å². The molecule has 3 rings (SSSR count). The van der Waals surface area contributed by atoms with E-state index >= 15 is 0 Å². The first kappa shape index (κ1) is 22.4. The quantitative estimate of drug-likeness (QED) is 0.693. The van der Waals surface area contributed by atoms with Crippen molar-refractivity contribution < 1.29 is 22.8 Å². The number of carbonyl (C=O) groups excluding carboxylic acids is 2. The summed E-state index contributed by atoms with van der Waals surface area (Å²) in [6, 6.07) is 3.12. The molecule has 2 aliphatic rings. The minimum atomic E-state index is -4.48. The largest absolute Gasteiger partial charge is 0.416 e. The molecule has 1 aliphatic carbocycles. The van der Waals surface area contributed by atoms with Gasteiger partial charge >= 0.3 is 6.18 Å². The third-order valence-electron chi connectivity index (χ3n) is 5.90. The summed E-state index contributed by atoms with van der Waals surface area (Å²) in [6.07, 6.45) is 2.39. The molecular formula is C22H30F3N3O2. The van der Waals surface area contributed by atoms with E-state index in [0.29, 0.717) is 5.69 Å². The monoisotopic (exact) mass is 425 g/mol. The highest BCUT2D eigenvalue weighted by molar-refractivity contribution is 5.95. The lowest BCUT2D eigenvalue weighted by atomic mass is 10.1. The van der Waals surface area contributed by atoms with Gasteiger partial charge in [0.2, 0.25) is 11.8 Å². The van der Waals surface area contributed by atoms with E-state index in [4.69, 9.17) is 0 Å². The molecule has 8 heteroatoms. The number of nitrogens with zero attached hydrogens (tertiary/aromatic N) is 1. The van der Waals surface area contributed by atoms with Crippen molar-refractivity contribution in [3.63, 3.8) is 0 Å². The number of hydrogen-bond donors (Lipinski definition) is 2. The number of amides is 2. The maximum atomic E-state index is 13.2. The molecule has 5 nitrogen and oxygen atoms in total. The van der Waals surface area contributed by atoms with E-state index in [9.17, 15) is 22.8 Å². The lowest BCUT2D eigenvalue weighted by Gasteiger charge is -2.31. The summed E-state index contributed by atoms with van der Waals surface area (Å²) in [7, 11) is 0. The standard InChI is InChI=1S/C22H30F3N3O2/c1-15(26-21(30)16-7-3-4-8-16)13-20(29)27-18-14-17(22(23,24)25)9-10-19(18)28-11-5-2-6-12-28/h9-10,14-16H,2-8,11-13H2,1H3,(H,26,30)(H,27,29). The van der Waals surface area contributed by atoms with Gasteiger partial charge in [-0.25, -0.2) is 0 Å². The van der Waals surface area contributed by atoms with Gasteiger partial charge in [0, 0.05) is 31.5 Å². The fourth-order valence-corrected chi connectivity index (χ4v) is 4.30. The minimum absolute atomic E-state index is 0.00434. The molecule has 166 valence electrons. The van der Waals surface area contributed by atoms with Crippen molar-refractivity contribution in [1.82, 2.24) is 5.32 Å². The molecule has 1 aromatic carbocycles. The van der Waals surface area contributed by atoms with E-state index in [1.165, 1.54) is 6.07 Å². The Morgan fingerprint density at radius 3 is 2.40 bits per heavy atom. The van der Waals surface area contributed by atoms with Crippen molar-refractivity contribution >= 4 is 23.2 Å². The van der Waals surface area contributed by atoms with Gasteiger partial charge in [0.05, 0.1) is 16.9 Å². The average molecular weight is 425 g/mol. The number of hydrogen-bond acceptors (Lipinski definition) is 3. The van der Waals surface area contributed by atoms with Crippen LogP contribution in [0.2, 0.25) is 0 Å². The van der Waals surface area contributed by atoms with Crippen LogP contribution in [0.3, 0.4) is 0 Å². The Morgan fingerprint density at radius 2 is 1.77 bits per heavy atom. The molecule has 2 fully saturated rings. The van der Waals surface area contributed by atoms with Crippen molar-refractivity contribution in [2.75, 3.05) is 23.3 Å². The molecule has 1 saturated carbocycles. The molecule has 0 aromatic heterocycles. The zero-order chi connectivity index (χ0) is 21.7. The maximum absolute atomic E-state index is 13.2. The Labute approximate surface area is 175 Å². The van der Waals surface area contributed by atoms with Gasteiger partial charge < -0.3 is 15.5 Å². The lowest BCUT2D eigenvalue weighted by Crippen LogP contribution is -2.38. The third kappa shape index (κ3) is 5.89. The van der Waals surface area contributed by atoms with Gasteiger partial charge in [-0.2, -0.15) is 13.2 Å². The van der Waals surface area contributed by atoms with Gasteiger partial charge in [0.1, 0.15) is 0 Å². The van der Waals surface area contributed by atoms with Gasteiger partial charge in [-0.05, 0) is 57.2 Å². The summed E-state index contributed by atoms with van der Waals surface area (Å²) < 4.78 is 39.6. The summed E-state index contributed by atoms with van der Waals surface area (Å²) >= 11 is 0. The van der Waals surface area contributed by atoms with Crippen LogP contribution in [0.1, 0.15) is 63.9 Å². The molecule has 30 heavy (non-hydrogen) atoms. The predicted octanol–water partition coefficient (Wildman–Crippen LogP) is 4.72. The van der Waals surface area contributed by atoms with Crippen molar-refractivity contribution in [3.8, 4) is 0 Å². The number of carbonyl (C=O) groups is 2. The summed E-state index contributed by atoms with van der Waals surface area (Å²) in [6.45, 7) is 3.24. The summed E-state index contributed by atoms with van der Waals surface area (Å²) in [5, 5.41) is 5.52. The second-order valence-corrected chi connectivity index (χ2v) is 8.42. The first-order valence-corrected chi connectivity index (χ1v) is 10.8. The lowest BCUT2D eigenvalue weighted by molar-refractivity contribution is -0.137. The average Bonchev–Trinajstić information content (AvgIpc) is 3.22. The molecule has 1 atom stereocenters. The second kappa shape index (κ2) is 9.71. The maximum Gasteiger partial charge on any atom is 0.416 e. The highest BCUT2D eigenvalue weighted by atomic mass is 19.4. The molecule has 1 saturated heterocycles. The van der Waals surface area contributed by atoms with Crippen LogP contribution in [0.4, 0.5) is 24.5 Å². The van der Waals surface area contributed by atoms with Crippen molar-refractivity contribution in [3.05, 3.63) is 23.8 Å². The Bertz CT molecular complexity index is 754. The summed E-state index contributed by atoms with van der Waals surface area (Å²) in [5.41, 5.74) is -0.00844. The Morgan fingerprint density at radius 1 is 1.10 bits per heavy atom. The van der Waals surface area contributed by atoms with Crippen molar-refractivity contribution in [2.45, 2.75) is 70.5 Å². The Hall–Kier alpha value is -2.25. The Balaban J connectivity index is 1.67. The van der Waals surface area contributed by atoms with Crippen LogP contribution in [0, 0.1) is 5.92 Å². The second-order valence-electron chi connectivity index (χ2n) is 8.42. The third-order valence-corrected chi connectivity index (χ3v) is 5.90. The number of halogens is 3. The summed E-state index contributed by atoms with van der Waals surface area (Å²) in [5.74, 6) is -0.447. The highest BCUT2D eigenvalue weighted by Crippen LogP contribution is 2.36. The fourth-order valence-electron chi connectivity index (χ4n) is 4.30. The van der Waals surface area contributed by atoms with E-state index in [2.05, 4.69) is 10.6 Å². The Kier molecular flexibility index (Phi) is 7.26. The normalized spacial score (nSPS) is 18.9. The first-order chi connectivity index (χ1) is 14.2. The van der Waals surface area contributed by atoms with Crippen LogP contribution in [0.25, 0.3) is 0 Å².